The van der Waals surface area contributed by atoms with Gasteiger partial charge < -0.3 is 23.7 Å². The van der Waals surface area contributed by atoms with Gasteiger partial charge in [-0.1, -0.05) is 20.8 Å². The summed E-state index contributed by atoms with van der Waals surface area (Å²) in [6, 6.07) is 0. The highest BCUT2D eigenvalue weighted by atomic mass is 16.6. The van der Waals surface area contributed by atoms with Crippen LogP contribution in [0.3, 0.4) is 0 Å². The predicted molar refractivity (Wildman–Crippen MR) is 81.9 cm³/mol. The number of methoxy groups -OCH3 is 1. The average Bonchev–Trinajstić information content (AvgIpc) is 2.74. The quantitative estimate of drug-likeness (QED) is 0.514. The fourth-order valence-corrected chi connectivity index (χ4v) is 2.55. The number of carbonyl (C=O) groups is 2. The van der Waals surface area contributed by atoms with Crippen molar-refractivity contribution in [3.63, 3.8) is 0 Å². The fraction of sp³-hybridized carbons (Fsp3) is 0.875. The van der Waals surface area contributed by atoms with E-state index < -0.39 is 30.3 Å². The van der Waals surface area contributed by atoms with E-state index in [1.165, 1.54) is 13.8 Å². The Morgan fingerprint density at radius 2 is 1.70 bits per heavy atom. The van der Waals surface area contributed by atoms with Gasteiger partial charge in [-0.25, -0.2) is 0 Å². The van der Waals surface area contributed by atoms with Crippen molar-refractivity contribution in [3.05, 3.63) is 0 Å². The molecular weight excluding hydrogens is 304 g/mol. The zero-order valence-corrected chi connectivity index (χ0v) is 14.8. The summed E-state index contributed by atoms with van der Waals surface area (Å²) in [6.07, 6.45) is -1.94. The first-order valence-electron chi connectivity index (χ1n) is 7.73. The summed E-state index contributed by atoms with van der Waals surface area (Å²) < 4.78 is 27.3. The van der Waals surface area contributed by atoms with Gasteiger partial charge in [0.1, 0.15) is 24.9 Å². The summed E-state index contributed by atoms with van der Waals surface area (Å²) in [7, 11) is 1.58. The van der Waals surface area contributed by atoms with Crippen LogP contribution in [0.1, 0.15) is 34.6 Å². The first-order valence-corrected chi connectivity index (χ1v) is 7.73. The van der Waals surface area contributed by atoms with E-state index >= 15 is 0 Å². The van der Waals surface area contributed by atoms with Crippen LogP contribution in [0.2, 0.25) is 0 Å². The van der Waals surface area contributed by atoms with E-state index in [1.807, 2.05) is 20.8 Å². The number of ether oxygens (including phenoxy) is 5. The lowest BCUT2D eigenvalue weighted by Crippen LogP contribution is -2.44. The summed E-state index contributed by atoms with van der Waals surface area (Å²) in [6.45, 7) is 9.46. The van der Waals surface area contributed by atoms with E-state index in [2.05, 4.69) is 0 Å². The Morgan fingerprint density at radius 1 is 1.04 bits per heavy atom. The second-order valence-electron chi connectivity index (χ2n) is 6.67. The minimum atomic E-state index is -0.565. The lowest BCUT2D eigenvalue weighted by molar-refractivity contribution is -0.158. The summed E-state index contributed by atoms with van der Waals surface area (Å²) in [4.78, 5) is 22.6. The first-order chi connectivity index (χ1) is 10.7. The molecule has 0 aromatic rings. The molecule has 0 aromatic carbocycles. The summed E-state index contributed by atoms with van der Waals surface area (Å²) in [5.41, 5.74) is -0.270. The molecule has 0 unspecified atom stereocenters. The highest BCUT2D eigenvalue weighted by molar-refractivity contribution is 5.66. The van der Waals surface area contributed by atoms with Crippen molar-refractivity contribution in [2.24, 2.45) is 5.41 Å². The van der Waals surface area contributed by atoms with Gasteiger partial charge in [-0.2, -0.15) is 0 Å². The molecule has 0 aliphatic carbocycles. The predicted octanol–water partition coefficient (Wildman–Crippen LogP) is 1.33. The Kier molecular flexibility index (Phi) is 7.44. The molecule has 0 amide bonds. The third-order valence-corrected chi connectivity index (χ3v) is 3.51. The van der Waals surface area contributed by atoms with Gasteiger partial charge in [0.2, 0.25) is 0 Å². The van der Waals surface area contributed by atoms with Crippen molar-refractivity contribution in [1.82, 2.24) is 0 Å². The lowest BCUT2D eigenvalue weighted by atomic mass is 9.85. The molecular formula is C16H28O7. The molecule has 7 heteroatoms. The van der Waals surface area contributed by atoms with Crippen molar-refractivity contribution in [1.29, 1.82) is 0 Å². The monoisotopic (exact) mass is 332 g/mol. The van der Waals surface area contributed by atoms with Crippen LogP contribution in [0.4, 0.5) is 0 Å². The molecule has 0 saturated carbocycles. The maximum absolute atomic E-state index is 11.5. The molecule has 1 aliphatic heterocycles. The molecule has 7 nitrogen and oxygen atoms in total. The van der Waals surface area contributed by atoms with Crippen LogP contribution in [-0.4, -0.2) is 63.3 Å². The van der Waals surface area contributed by atoms with Gasteiger partial charge in [-0.3, -0.25) is 9.59 Å². The van der Waals surface area contributed by atoms with E-state index in [0.29, 0.717) is 13.2 Å². The van der Waals surface area contributed by atoms with Crippen molar-refractivity contribution < 1.29 is 33.3 Å². The van der Waals surface area contributed by atoms with Crippen LogP contribution in [0.25, 0.3) is 0 Å². The zero-order valence-electron chi connectivity index (χ0n) is 14.8. The van der Waals surface area contributed by atoms with Gasteiger partial charge in [0.05, 0.1) is 13.2 Å². The molecule has 1 rings (SSSR count). The van der Waals surface area contributed by atoms with E-state index in [0.717, 1.165) is 0 Å². The van der Waals surface area contributed by atoms with Crippen molar-refractivity contribution >= 4 is 11.9 Å². The molecule has 1 saturated heterocycles. The van der Waals surface area contributed by atoms with Crippen LogP contribution < -0.4 is 0 Å². The Bertz CT molecular complexity index is 402. The molecule has 0 radical (unpaired) electrons. The number of esters is 2. The van der Waals surface area contributed by atoms with E-state index in [4.69, 9.17) is 23.7 Å². The van der Waals surface area contributed by atoms with Crippen LogP contribution >= 0.6 is 0 Å². The number of hydrogen-bond acceptors (Lipinski definition) is 7. The maximum atomic E-state index is 11.5. The molecule has 0 bridgehead atoms. The van der Waals surface area contributed by atoms with Gasteiger partial charge in [0, 0.05) is 21.0 Å². The first kappa shape index (κ1) is 19.9. The van der Waals surface area contributed by atoms with Crippen molar-refractivity contribution in [3.8, 4) is 0 Å². The van der Waals surface area contributed by atoms with E-state index in [9.17, 15) is 9.59 Å². The molecule has 1 fully saturated rings. The average molecular weight is 332 g/mol. The van der Waals surface area contributed by atoms with Gasteiger partial charge >= 0.3 is 11.9 Å². The van der Waals surface area contributed by atoms with Crippen LogP contribution in [0.15, 0.2) is 0 Å². The molecule has 1 heterocycles. The van der Waals surface area contributed by atoms with Crippen LogP contribution in [-0.2, 0) is 33.3 Å². The van der Waals surface area contributed by atoms with E-state index in [-0.39, 0.29) is 18.1 Å². The summed E-state index contributed by atoms with van der Waals surface area (Å²) in [5, 5.41) is 0. The number of rotatable bonds is 7. The minimum Gasteiger partial charge on any atom is -0.463 e. The standard InChI is InChI=1S/C16H28O7/c1-10(17)21-9-12-13(20-8-7-19-6)14(22-11(2)18)15(23-12)16(3,4)5/h12-15H,7-9H2,1-6H3/t12-,13+,14-,15-/m1/s1. The molecule has 23 heavy (non-hydrogen) atoms. The molecule has 0 aromatic heterocycles. The highest BCUT2D eigenvalue weighted by Crippen LogP contribution is 2.37. The summed E-state index contributed by atoms with van der Waals surface area (Å²) >= 11 is 0. The molecule has 1 aliphatic rings. The third kappa shape index (κ3) is 6.08. The summed E-state index contributed by atoms with van der Waals surface area (Å²) in [5.74, 6) is -0.797. The molecule has 0 N–H and O–H groups in total. The van der Waals surface area contributed by atoms with Gasteiger partial charge in [-0.15, -0.1) is 0 Å². The highest BCUT2D eigenvalue weighted by Gasteiger charge is 2.52. The normalized spacial score (nSPS) is 27.7. The SMILES string of the molecule is COCCO[C@@H]1[C@@H](OC(C)=O)[C@H](C(C)(C)C)O[C@@H]1COC(C)=O. The van der Waals surface area contributed by atoms with Gasteiger partial charge in [0.15, 0.2) is 6.10 Å². The smallest absolute Gasteiger partial charge is 0.303 e. The zero-order chi connectivity index (χ0) is 17.6. The second kappa shape index (κ2) is 8.61. The maximum Gasteiger partial charge on any atom is 0.303 e. The topological polar surface area (TPSA) is 80.3 Å². The fourth-order valence-electron chi connectivity index (χ4n) is 2.55. The molecule has 134 valence electrons. The Balaban J connectivity index is 2.93. The van der Waals surface area contributed by atoms with Crippen LogP contribution in [0, 0.1) is 5.41 Å². The second-order valence-corrected chi connectivity index (χ2v) is 6.67. The Hall–Kier alpha value is -1.18. The number of hydrogen-bond donors (Lipinski definition) is 0. The third-order valence-electron chi connectivity index (χ3n) is 3.51. The van der Waals surface area contributed by atoms with Gasteiger partial charge in [-0.05, 0) is 5.41 Å². The largest absolute Gasteiger partial charge is 0.463 e. The minimum absolute atomic E-state index is 0.0529. The van der Waals surface area contributed by atoms with Crippen LogP contribution in [0.5, 0.6) is 0 Å². The molecule has 4 atom stereocenters. The number of carbonyl (C=O) groups excluding carboxylic acids is 2. The lowest BCUT2D eigenvalue weighted by Gasteiger charge is -2.31. The Labute approximate surface area is 137 Å². The molecule has 0 spiro atoms. The Morgan fingerprint density at radius 3 is 2.17 bits per heavy atom. The van der Waals surface area contributed by atoms with Crippen molar-refractivity contribution in [2.75, 3.05) is 26.9 Å². The van der Waals surface area contributed by atoms with Crippen molar-refractivity contribution in [2.45, 2.75) is 59.0 Å². The van der Waals surface area contributed by atoms with Gasteiger partial charge in [0.25, 0.3) is 0 Å². The van der Waals surface area contributed by atoms with E-state index in [1.54, 1.807) is 7.11 Å².